The highest BCUT2D eigenvalue weighted by Crippen LogP contribution is 2.25. The lowest BCUT2D eigenvalue weighted by Crippen LogP contribution is -2.46. The van der Waals surface area contributed by atoms with Crippen molar-refractivity contribution in [3.05, 3.63) is 58.8 Å². The van der Waals surface area contributed by atoms with Gasteiger partial charge in [0.1, 0.15) is 0 Å². The number of anilines is 1. The summed E-state index contributed by atoms with van der Waals surface area (Å²) in [6.45, 7) is 4.96. The molecule has 3 aromatic rings. The fourth-order valence-corrected chi connectivity index (χ4v) is 3.92. The van der Waals surface area contributed by atoms with Gasteiger partial charge in [-0.25, -0.2) is 4.98 Å². The largest absolute Gasteiger partial charge is 0.462 e. The summed E-state index contributed by atoms with van der Waals surface area (Å²) < 4.78 is 5.41. The number of hydrogen-bond donors (Lipinski definition) is 0. The first kappa shape index (κ1) is 15.7. The van der Waals surface area contributed by atoms with E-state index >= 15 is 0 Å². The van der Waals surface area contributed by atoms with Crippen molar-refractivity contribution in [2.75, 3.05) is 31.1 Å². The first-order valence-corrected chi connectivity index (χ1v) is 9.25. The molecular weight excluding hydrogens is 342 g/mol. The highest BCUT2D eigenvalue weighted by molar-refractivity contribution is 7.13. The molecule has 0 aliphatic carbocycles. The van der Waals surface area contributed by atoms with Gasteiger partial charge in [0.05, 0.1) is 12.0 Å². The molecule has 6 heteroatoms. The lowest BCUT2D eigenvalue weighted by molar-refractivity contribution is 0.247. The van der Waals surface area contributed by atoms with Gasteiger partial charge in [0, 0.05) is 48.8 Å². The van der Waals surface area contributed by atoms with Crippen molar-refractivity contribution in [1.29, 1.82) is 0 Å². The van der Waals surface area contributed by atoms with Crippen LogP contribution in [0.3, 0.4) is 0 Å². The van der Waals surface area contributed by atoms with Crippen LogP contribution in [0.2, 0.25) is 5.02 Å². The van der Waals surface area contributed by atoms with Crippen molar-refractivity contribution in [3.8, 4) is 10.8 Å². The van der Waals surface area contributed by atoms with Crippen LogP contribution in [0, 0.1) is 0 Å². The molecule has 0 unspecified atom stereocenters. The van der Waals surface area contributed by atoms with E-state index in [0.29, 0.717) is 0 Å². The average Bonchev–Trinajstić information content (AvgIpc) is 3.27. The molecule has 1 aromatic carbocycles. The Labute approximate surface area is 150 Å². The van der Waals surface area contributed by atoms with Gasteiger partial charge >= 0.3 is 0 Å². The number of aromatic nitrogens is 1. The molecule has 0 N–H and O–H groups in total. The second-order valence-electron chi connectivity index (χ2n) is 5.86. The number of nitrogens with zero attached hydrogens (tertiary/aromatic N) is 3. The quantitative estimate of drug-likeness (QED) is 0.692. The van der Waals surface area contributed by atoms with Crippen molar-refractivity contribution in [2.24, 2.45) is 0 Å². The molecule has 3 heterocycles. The predicted octanol–water partition coefficient (Wildman–Crippen LogP) is 4.38. The van der Waals surface area contributed by atoms with Crippen LogP contribution in [0.15, 0.2) is 52.5 Å². The third-order valence-electron chi connectivity index (χ3n) is 4.21. The van der Waals surface area contributed by atoms with E-state index in [4.69, 9.17) is 16.0 Å². The fraction of sp³-hybridized carbons (Fsp3) is 0.278. The minimum Gasteiger partial charge on any atom is -0.462 e. The fourth-order valence-electron chi connectivity index (χ4n) is 2.96. The maximum Gasteiger partial charge on any atom is 0.162 e. The van der Waals surface area contributed by atoms with E-state index in [2.05, 4.69) is 26.2 Å². The molecule has 24 heavy (non-hydrogen) atoms. The Bertz CT molecular complexity index is 794. The maximum absolute atomic E-state index is 6.09. The Kier molecular flexibility index (Phi) is 4.56. The zero-order valence-corrected chi connectivity index (χ0v) is 14.8. The zero-order valence-electron chi connectivity index (χ0n) is 13.2. The van der Waals surface area contributed by atoms with E-state index in [9.17, 15) is 0 Å². The smallest absolute Gasteiger partial charge is 0.162 e. The minimum atomic E-state index is 0.794. The molecule has 4 nitrogen and oxygen atoms in total. The molecule has 1 saturated heterocycles. The summed E-state index contributed by atoms with van der Waals surface area (Å²) in [5.41, 5.74) is 2.32. The highest BCUT2D eigenvalue weighted by Gasteiger charge is 2.18. The molecule has 0 bridgehead atoms. The van der Waals surface area contributed by atoms with Gasteiger partial charge in [-0.1, -0.05) is 17.7 Å². The van der Waals surface area contributed by atoms with E-state index in [0.717, 1.165) is 54.2 Å². The number of piperazine rings is 1. The van der Waals surface area contributed by atoms with Gasteiger partial charge in [-0.3, -0.25) is 4.90 Å². The topological polar surface area (TPSA) is 32.5 Å². The Morgan fingerprint density at radius 2 is 2.00 bits per heavy atom. The van der Waals surface area contributed by atoms with Gasteiger partial charge in [-0.2, -0.15) is 0 Å². The molecule has 1 fully saturated rings. The van der Waals surface area contributed by atoms with Gasteiger partial charge in [-0.05, 0) is 30.3 Å². The van der Waals surface area contributed by atoms with Gasteiger partial charge in [-0.15, -0.1) is 11.3 Å². The number of hydrogen-bond acceptors (Lipinski definition) is 5. The number of thiazole rings is 1. The molecule has 0 atom stereocenters. The molecule has 0 amide bonds. The minimum absolute atomic E-state index is 0.794. The molecule has 0 saturated carbocycles. The van der Waals surface area contributed by atoms with E-state index in [1.54, 1.807) is 17.6 Å². The van der Waals surface area contributed by atoms with Crippen LogP contribution in [0.5, 0.6) is 0 Å². The second-order valence-corrected chi connectivity index (χ2v) is 7.16. The van der Waals surface area contributed by atoms with Crippen LogP contribution in [0.4, 0.5) is 5.69 Å². The molecule has 1 aliphatic heterocycles. The molecular formula is C18H18ClN3OS. The number of rotatable bonds is 4. The van der Waals surface area contributed by atoms with Gasteiger partial charge in [0.2, 0.25) is 0 Å². The van der Waals surface area contributed by atoms with E-state index in [-0.39, 0.29) is 0 Å². The van der Waals surface area contributed by atoms with Gasteiger partial charge in [0.15, 0.2) is 10.8 Å². The van der Waals surface area contributed by atoms with Crippen LogP contribution >= 0.6 is 22.9 Å². The predicted molar refractivity (Wildman–Crippen MR) is 98.8 cm³/mol. The van der Waals surface area contributed by atoms with Crippen LogP contribution in [0.25, 0.3) is 10.8 Å². The van der Waals surface area contributed by atoms with Gasteiger partial charge in [0.25, 0.3) is 0 Å². The summed E-state index contributed by atoms with van der Waals surface area (Å²) in [7, 11) is 0. The van der Waals surface area contributed by atoms with E-state index < -0.39 is 0 Å². The highest BCUT2D eigenvalue weighted by atomic mass is 35.5. The third-order valence-corrected chi connectivity index (χ3v) is 5.36. The van der Waals surface area contributed by atoms with Crippen LogP contribution in [0.1, 0.15) is 5.69 Å². The van der Waals surface area contributed by atoms with Gasteiger partial charge < -0.3 is 9.32 Å². The maximum atomic E-state index is 6.09. The second kappa shape index (κ2) is 6.97. The molecule has 1 aliphatic rings. The first-order chi connectivity index (χ1) is 11.8. The lowest BCUT2D eigenvalue weighted by Gasteiger charge is -2.35. The normalized spacial score (nSPS) is 15.8. The van der Waals surface area contributed by atoms with Crippen molar-refractivity contribution < 1.29 is 4.42 Å². The summed E-state index contributed by atoms with van der Waals surface area (Å²) in [6.07, 6.45) is 1.69. The zero-order chi connectivity index (χ0) is 16.4. The SMILES string of the molecule is Clc1cccc(N2CCN(Cc3csc(-c4ccco4)n3)CC2)c1. The summed E-state index contributed by atoms with van der Waals surface area (Å²) >= 11 is 7.73. The monoisotopic (exact) mass is 359 g/mol. The van der Waals surface area contributed by atoms with Crippen LogP contribution < -0.4 is 4.90 Å². The number of benzene rings is 1. The average molecular weight is 360 g/mol. The lowest BCUT2D eigenvalue weighted by atomic mass is 10.2. The molecule has 0 spiro atoms. The molecule has 0 radical (unpaired) electrons. The Balaban J connectivity index is 1.35. The Morgan fingerprint density at radius 3 is 2.75 bits per heavy atom. The number of halogens is 1. The van der Waals surface area contributed by atoms with Crippen molar-refractivity contribution in [2.45, 2.75) is 6.54 Å². The molecule has 2 aromatic heterocycles. The Hall–Kier alpha value is -1.82. The summed E-state index contributed by atoms with van der Waals surface area (Å²) in [5.74, 6) is 0.844. The van der Waals surface area contributed by atoms with Crippen molar-refractivity contribution in [3.63, 3.8) is 0 Å². The summed E-state index contributed by atoms with van der Waals surface area (Å²) in [6, 6.07) is 11.9. The van der Waals surface area contributed by atoms with E-state index in [1.165, 1.54) is 5.69 Å². The molecule has 4 rings (SSSR count). The standard InChI is InChI=1S/C18H18ClN3OS/c19-14-3-1-4-16(11-14)22-8-6-21(7-9-22)12-15-13-24-18(20-15)17-5-2-10-23-17/h1-5,10-11,13H,6-9,12H2. The third kappa shape index (κ3) is 3.48. The summed E-state index contributed by atoms with van der Waals surface area (Å²) in [5, 5.41) is 3.87. The van der Waals surface area contributed by atoms with Crippen molar-refractivity contribution >= 4 is 28.6 Å². The Morgan fingerprint density at radius 1 is 1.12 bits per heavy atom. The van der Waals surface area contributed by atoms with Crippen LogP contribution in [-0.4, -0.2) is 36.1 Å². The van der Waals surface area contributed by atoms with Crippen molar-refractivity contribution in [1.82, 2.24) is 9.88 Å². The summed E-state index contributed by atoms with van der Waals surface area (Å²) in [4.78, 5) is 9.52. The van der Waals surface area contributed by atoms with Crippen LogP contribution in [-0.2, 0) is 6.54 Å². The first-order valence-electron chi connectivity index (χ1n) is 7.99. The molecule has 124 valence electrons. The number of furan rings is 1. The van der Waals surface area contributed by atoms with E-state index in [1.807, 2.05) is 30.3 Å².